The van der Waals surface area contributed by atoms with E-state index in [1.165, 1.54) is 25.4 Å². The second-order valence-corrected chi connectivity index (χ2v) is 5.67. The number of para-hydroxylation sites is 1. The first kappa shape index (κ1) is 16.6. The van der Waals surface area contributed by atoms with Crippen LogP contribution in [0.2, 0.25) is 0 Å². The molecular weight excluding hydrogens is 322 g/mol. The normalized spacial score (nSPS) is 13.0. The van der Waals surface area contributed by atoms with Crippen LogP contribution in [0.4, 0.5) is 5.69 Å². The van der Waals surface area contributed by atoms with E-state index in [9.17, 15) is 14.4 Å². The number of methoxy groups -OCH3 is 1. The summed E-state index contributed by atoms with van der Waals surface area (Å²) in [6, 6.07) is 9.67. The van der Waals surface area contributed by atoms with Gasteiger partial charge in [0.2, 0.25) is 0 Å². The first-order chi connectivity index (χ1) is 12.1. The van der Waals surface area contributed by atoms with Crippen LogP contribution in [0.25, 0.3) is 0 Å². The first-order valence-corrected chi connectivity index (χ1v) is 7.84. The van der Waals surface area contributed by atoms with E-state index in [1.54, 1.807) is 24.3 Å². The zero-order valence-corrected chi connectivity index (χ0v) is 13.6. The highest BCUT2D eigenvalue weighted by Crippen LogP contribution is 2.20. The van der Waals surface area contributed by atoms with E-state index < -0.39 is 11.9 Å². The zero-order chi connectivity index (χ0) is 17.8. The number of anilines is 1. The van der Waals surface area contributed by atoms with E-state index in [1.807, 2.05) is 0 Å². The van der Waals surface area contributed by atoms with Crippen LogP contribution in [0.3, 0.4) is 0 Å². The molecule has 3 rings (SSSR count). The summed E-state index contributed by atoms with van der Waals surface area (Å²) in [7, 11) is 1.27. The minimum absolute atomic E-state index is 0.181. The van der Waals surface area contributed by atoms with Crippen LogP contribution in [-0.2, 0) is 4.74 Å². The minimum Gasteiger partial charge on any atom is -0.465 e. The lowest BCUT2D eigenvalue weighted by molar-refractivity contribution is 0.0601. The van der Waals surface area contributed by atoms with Crippen molar-refractivity contribution in [3.63, 3.8) is 0 Å². The molecule has 1 heterocycles. The number of benzene rings is 1. The van der Waals surface area contributed by atoms with Crippen molar-refractivity contribution in [3.8, 4) is 0 Å². The molecule has 1 fully saturated rings. The molecule has 0 spiro atoms. The number of carbonyl (C=O) groups excluding carboxylic acids is 3. The Hall–Kier alpha value is -3.22. The van der Waals surface area contributed by atoms with Crippen LogP contribution in [0.1, 0.15) is 44.0 Å². The Bertz CT molecular complexity index is 831. The van der Waals surface area contributed by atoms with Gasteiger partial charge in [-0.3, -0.25) is 14.6 Å². The Morgan fingerprint density at radius 2 is 1.88 bits per heavy atom. The van der Waals surface area contributed by atoms with E-state index in [4.69, 9.17) is 4.74 Å². The van der Waals surface area contributed by atoms with Gasteiger partial charge in [0.1, 0.15) is 5.69 Å². The third-order valence-electron chi connectivity index (χ3n) is 3.75. The van der Waals surface area contributed by atoms with Crippen LogP contribution in [0, 0.1) is 0 Å². The van der Waals surface area contributed by atoms with Gasteiger partial charge in [0.25, 0.3) is 11.8 Å². The molecular formula is C18H17N3O4. The van der Waals surface area contributed by atoms with Crippen LogP contribution >= 0.6 is 0 Å². The Balaban J connectivity index is 1.77. The second kappa shape index (κ2) is 7.12. The topological polar surface area (TPSA) is 97.4 Å². The van der Waals surface area contributed by atoms with Crippen molar-refractivity contribution in [1.82, 2.24) is 10.3 Å². The Morgan fingerprint density at radius 3 is 2.60 bits per heavy atom. The highest BCUT2D eigenvalue weighted by atomic mass is 16.5. The van der Waals surface area contributed by atoms with Crippen molar-refractivity contribution < 1.29 is 19.1 Å². The Morgan fingerprint density at radius 1 is 1.12 bits per heavy atom. The summed E-state index contributed by atoms with van der Waals surface area (Å²) < 4.78 is 4.70. The molecule has 0 unspecified atom stereocenters. The third kappa shape index (κ3) is 4.00. The molecule has 1 aliphatic carbocycles. The molecule has 25 heavy (non-hydrogen) atoms. The molecule has 0 atom stereocenters. The monoisotopic (exact) mass is 339 g/mol. The molecule has 2 N–H and O–H groups in total. The summed E-state index contributed by atoms with van der Waals surface area (Å²) in [5.74, 6) is -1.29. The molecule has 1 saturated carbocycles. The second-order valence-electron chi connectivity index (χ2n) is 5.67. The molecule has 0 aliphatic heterocycles. The quantitative estimate of drug-likeness (QED) is 0.812. The van der Waals surface area contributed by atoms with E-state index in [0.29, 0.717) is 5.69 Å². The van der Waals surface area contributed by atoms with Crippen molar-refractivity contribution in [2.75, 3.05) is 12.4 Å². The minimum atomic E-state index is -0.546. The largest absolute Gasteiger partial charge is 0.465 e. The lowest BCUT2D eigenvalue weighted by Gasteiger charge is -2.10. The smallest absolute Gasteiger partial charge is 0.339 e. The van der Waals surface area contributed by atoms with E-state index >= 15 is 0 Å². The Kier molecular flexibility index (Phi) is 4.74. The summed E-state index contributed by atoms with van der Waals surface area (Å²) in [6.45, 7) is 0. The average Bonchev–Trinajstić information content (AvgIpc) is 3.45. The lowest BCUT2D eigenvalue weighted by atomic mass is 10.1. The maximum Gasteiger partial charge on any atom is 0.339 e. The fraction of sp³-hybridized carbons (Fsp3) is 0.222. The number of amides is 2. The maximum atomic E-state index is 12.5. The number of nitrogens with one attached hydrogen (secondary N) is 2. The molecule has 1 aromatic heterocycles. The molecule has 1 aromatic carbocycles. The van der Waals surface area contributed by atoms with Crippen molar-refractivity contribution >= 4 is 23.5 Å². The lowest BCUT2D eigenvalue weighted by Crippen LogP contribution is -2.26. The number of esters is 1. The maximum absolute atomic E-state index is 12.5. The van der Waals surface area contributed by atoms with E-state index in [0.717, 1.165) is 12.8 Å². The first-order valence-electron chi connectivity index (χ1n) is 7.84. The predicted molar refractivity (Wildman–Crippen MR) is 90.5 cm³/mol. The fourth-order valence-corrected chi connectivity index (χ4v) is 2.26. The van der Waals surface area contributed by atoms with Crippen molar-refractivity contribution in [1.29, 1.82) is 0 Å². The number of pyridine rings is 1. The molecule has 0 bridgehead atoms. The van der Waals surface area contributed by atoms with Crippen molar-refractivity contribution in [2.24, 2.45) is 0 Å². The van der Waals surface area contributed by atoms with E-state index in [-0.39, 0.29) is 28.8 Å². The van der Waals surface area contributed by atoms with Crippen molar-refractivity contribution in [2.45, 2.75) is 18.9 Å². The number of rotatable bonds is 5. The van der Waals surface area contributed by atoms with E-state index in [2.05, 4.69) is 15.6 Å². The standard InChI is InChI=1S/C18H17N3O4/c1-25-18(24)13-4-2-3-5-14(13)21-16(22)11-8-9-19-15(10-11)17(23)20-12-6-7-12/h2-5,8-10,12H,6-7H2,1H3,(H,20,23)(H,21,22). The van der Waals surface area contributed by atoms with Gasteiger partial charge in [-0.15, -0.1) is 0 Å². The van der Waals surface area contributed by atoms with Crippen LogP contribution in [0.5, 0.6) is 0 Å². The summed E-state index contributed by atoms with van der Waals surface area (Å²) in [4.78, 5) is 40.3. The third-order valence-corrected chi connectivity index (χ3v) is 3.75. The molecule has 0 radical (unpaired) electrons. The van der Waals surface area contributed by atoms with Gasteiger partial charge in [0, 0.05) is 17.8 Å². The number of hydrogen-bond acceptors (Lipinski definition) is 5. The highest BCUT2D eigenvalue weighted by Gasteiger charge is 2.24. The van der Waals surface area contributed by atoms with Crippen molar-refractivity contribution in [3.05, 3.63) is 59.4 Å². The number of hydrogen-bond donors (Lipinski definition) is 2. The Labute approximate surface area is 144 Å². The number of nitrogens with zero attached hydrogens (tertiary/aromatic N) is 1. The van der Waals surface area contributed by atoms with Crippen LogP contribution in [0.15, 0.2) is 42.6 Å². The number of aromatic nitrogens is 1. The SMILES string of the molecule is COC(=O)c1ccccc1NC(=O)c1ccnc(C(=O)NC2CC2)c1. The van der Waals surface area contributed by atoms with Crippen LogP contribution in [-0.4, -0.2) is 35.9 Å². The molecule has 1 aliphatic rings. The van der Waals surface area contributed by atoms with Gasteiger partial charge in [-0.2, -0.15) is 0 Å². The molecule has 7 heteroatoms. The average molecular weight is 339 g/mol. The van der Waals surface area contributed by atoms with Gasteiger partial charge in [-0.05, 0) is 37.1 Å². The van der Waals surface area contributed by atoms with Gasteiger partial charge in [0.15, 0.2) is 0 Å². The molecule has 7 nitrogen and oxygen atoms in total. The van der Waals surface area contributed by atoms with Gasteiger partial charge in [-0.25, -0.2) is 4.79 Å². The number of ether oxygens (including phenoxy) is 1. The van der Waals surface area contributed by atoms with Crippen LogP contribution < -0.4 is 10.6 Å². The fourth-order valence-electron chi connectivity index (χ4n) is 2.26. The summed E-state index contributed by atoms with van der Waals surface area (Å²) in [6.07, 6.45) is 3.34. The summed E-state index contributed by atoms with van der Waals surface area (Å²) in [5, 5.41) is 5.49. The number of carbonyl (C=O) groups is 3. The highest BCUT2D eigenvalue weighted by molar-refractivity contribution is 6.08. The molecule has 2 aromatic rings. The summed E-state index contributed by atoms with van der Waals surface area (Å²) >= 11 is 0. The van der Waals surface area contributed by atoms with Gasteiger partial charge >= 0.3 is 5.97 Å². The zero-order valence-electron chi connectivity index (χ0n) is 13.6. The summed E-state index contributed by atoms with van der Waals surface area (Å²) in [5.41, 5.74) is 1.04. The molecule has 0 saturated heterocycles. The molecule has 128 valence electrons. The van der Waals surface area contributed by atoms with Gasteiger partial charge < -0.3 is 15.4 Å². The predicted octanol–water partition coefficient (Wildman–Crippen LogP) is 2.01. The van der Waals surface area contributed by atoms with Gasteiger partial charge in [0.05, 0.1) is 18.4 Å². The molecule has 2 amide bonds. The van der Waals surface area contributed by atoms with Gasteiger partial charge in [-0.1, -0.05) is 12.1 Å².